The smallest absolute Gasteiger partial charge is 0.380 e. The largest absolute Gasteiger partial charge is 0.416 e. The summed E-state index contributed by atoms with van der Waals surface area (Å²) in [6.45, 7) is 8.03. The van der Waals surface area contributed by atoms with Gasteiger partial charge in [-0.15, -0.1) is 0 Å². The molecular formula is C16H24F3NO. The fraction of sp³-hybridized carbons (Fsp3) is 0.625. The van der Waals surface area contributed by atoms with Crippen LogP contribution in [0.5, 0.6) is 0 Å². The molecule has 0 fully saturated rings. The maximum absolute atomic E-state index is 12.6. The Bertz CT molecular complexity index is 418. The minimum Gasteiger partial charge on any atom is -0.380 e. The Morgan fingerprint density at radius 3 is 2.48 bits per heavy atom. The second-order valence-corrected chi connectivity index (χ2v) is 5.59. The van der Waals surface area contributed by atoms with Crippen molar-refractivity contribution in [1.29, 1.82) is 0 Å². The zero-order chi connectivity index (χ0) is 15.9. The third-order valence-electron chi connectivity index (χ3n) is 3.25. The number of hydrogen-bond acceptors (Lipinski definition) is 2. The molecule has 1 atom stereocenters. The van der Waals surface area contributed by atoms with E-state index in [0.29, 0.717) is 24.6 Å². The van der Waals surface area contributed by atoms with Gasteiger partial charge in [-0.2, -0.15) is 13.2 Å². The van der Waals surface area contributed by atoms with E-state index >= 15 is 0 Å². The second-order valence-electron chi connectivity index (χ2n) is 5.59. The predicted octanol–water partition coefficient (Wildman–Crippen LogP) is 4.42. The third kappa shape index (κ3) is 6.96. The van der Waals surface area contributed by atoms with Gasteiger partial charge in [0.2, 0.25) is 0 Å². The van der Waals surface area contributed by atoms with Crippen LogP contribution in [0, 0.1) is 5.92 Å². The van der Waals surface area contributed by atoms with Gasteiger partial charge in [0.15, 0.2) is 0 Å². The van der Waals surface area contributed by atoms with Crippen molar-refractivity contribution in [3.05, 3.63) is 35.4 Å². The van der Waals surface area contributed by atoms with Gasteiger partial charge in [0.25, 0.3) is 0 Å². The SMILES string of the molecule is CC(C)CCOCCNC(C)c1cccc(C(F)(F)F)c1. The molecule has 21 heavy (non-hydrogen) atoms. The van der Waals surface area contributed by atoms with E-state index in [1.54, 1.807) is 6.07 Å². The molecule has 0 aromatic heterocycles. The zero-order valence-corrected chi connectivity index (χ0v) is 12.8. The molecule has 1 rings (SSSR count). The molecule has 0 aliphatic heterocycles. The van der Waals surface area contributed by atoms with Gasteiger partial charge in [-0.3, -0.25) is 0 Å². The van der Waals surface area contributed by atoms with Crippen molar-refractivity contribution in [2.45, 2.75) is 39.4 Å². The van der Waals surface area contributed by atoms with Crippen molar-refractivity contribution < 1.29 is 17.9 Å². The molecule has 0 saturated heterocycles. The van der Waals surface area contributed by atoms with Crippen molar-refractivity contribution in [1.82, 2.24) is 5.32 Å². The lowest BCUT2D eigenvalue weighted by molar-refractivity contribution is -0.137. The Hall–Kier alpha value is -1.07. The van der Waals surface area contributed by atoms with Crippen LogP contribution in [-0.2, 0) is 10.9 Å². The van der Waals surface area contributed by atoms with Crippen LogP contribution in [0.4, 0.5) is 13.2 Å². The molecule has 0 bridgehead atoms. The summed E-state index contributed by atoms with van der Waals surface area (Å²) in [5, 5.41) is 3.17. The molecule has 120 valence electrons. The molecular weight excluding hydrogens is 279 g/mol. The molecule has 1 aromatic rings. The average Bonchev–Trinajstić information content (AvgIpc) is 2.41. The summed E-state index contributed by atoms with van der Waals surface area (Å²) in [4.78, 5) is 0. The minimum absolute atomic E-state index is 0.138. The average molecular weight is 303 g/mol. The van der Waals surface area contributed by atoms with Gasteiger partial charge in [0.05, 0.1) is 12.2 Å². The Kier molecular flexibility index (Phi) is 7.18. The van der Waals surface area contributed by atoms with E-state index in [1.165, 1.54) is 12.1 Å². The van der Waals surface area contributed by atoms with Gasteiger partial charge in [0.1, 0.15) is 0 Å². The number of ether oxygens (including phenoxy) is 1. The number of rotatable bonds is 8. The van der Waals surface area contributed by atoms with E-state index in [2.05, 4.69) is 19.2 Å². The van der Waals surface area contributed by atoms with Gasteiger partial charge >= 0.3 is 6.18 Å². The fourth-order valence-electron chi connectivity index (χ4n) is 1.87. The normalized spacial score (nSPS) is 13.7. The van der Waals surface area contributed by atoms with Gasteiger partial charge in [0, 0.05) is 19.2 Å². The molecule has 0 spiro atoms. The molecule has 5 heteroatoms. The quantitative estimate of drug-likeness (QED) is 0.718. The van der Waals surface area contributed by atoms with Crippen LogP contribution >= 0.6 is 0 Å². The summed E-state index contributed by atoms with van der Waals surface area (Å²) >= 11 is 0. The Balaban J connectivity index is 2.37. The highest BCUT2D eigenvalue weighted by Gasteiger charge is 2.30. The Morgan fingerprint density at radius 2 is 1.86 bits per heavy atom. The third-order valence-corrected chi connectivity index (χ3v) is 3.25. The Morgan fingerprint density at radius 1 is 1.14 bits per heavy atom. The summed E-state index contributed by atoms with van der Waals surface area (Å²) in [6.07, 6.45) is -3.28. The van der Waals surface area contributed by atoms with Gasteiger partial charge in [-0.1, -0.05) is 26.0 Å². The first-order valence-electron chi connectivity index (χ1n) is 7.29. The number of benzene rings is 1. The second kappa shape index (κ2) is 8.39. The van der Waals surface area contributed by atoms with Gasteiger partial charge in [-0.25, -0.2) is 0 Å². The van der Waals surface area contributed by atoms with Crippen LogP contribution in [0.15, 0.2) is 24.3 Å². The van der Waals surface area contributed by atoms with Crippen LogP contribution < -0.4 is 5.32 Å². The monoisotopic (exact) mass is 303 g/mol. The first-order valence-corrected chi connectivity index (χ1v) is 7.29. The molecule has 0 heterocycles. The molecule has 1 aromatic carbocycles. The maximum Gasteiger partial charge on any atom is 0.416 e. The highest BCUT2D eigenvalue weighted by Crippen LogP contribution is 2.30. The predicted molar refractivity (Wildman–Crippen MR) is 78.1 cm³/mol. The lowest BCUT2D eigenvalue weighted by Crippen LogP contribution is -2.24. The van der Waals surface area contributed by atoms with Crippen molar-refractivity contribution in [3.8, 4) is 0 Å². The molecule has 1 unspecified atom stereocenters. The van der Waals surface area contributed by atoms with Crippen LogP contribution in [0.25, 0.3) is 0 Å². The standard InChI is InChI=1S/C16H24F3NO/c1-12(2)7-9-21-10-8-20-13(3)14-5-4-6-15(11-14)16(17,18)19/h4-6,11-13,20H,7-10H2,1-3H3. The summed E-state index contributed by atoms with van der Waals surface area (Å²) in [6, 6.07) is 5.28. The molecule has 2 nitrogen and oxygen atoms in total. The number of alkyl halides is 3. The lowest BCUT2D eigenvalue weighted by atomic mass is 10.0. The molecule has 0 aliphatic carbocycles. The molecule has 0 saturated carbocycles. The molecule has 0 aliphatic rings. The van der Waals surface area contributed by atoms with Crippen LogP contribution in [0.3, 0.4) is 0 Å². The topological polar surface area (TPSA) is 21.3 Å². The van der Waals surface area contributed by atoms with E-state index < -0.39 is 11.7 Å². The highest BCUT2D eigenvalue weighted by atomic mass is 19.4. The first kappa shape index (κ1) is 18.0. The minimum atomic E-state index is -4.30. The molecule has 0 radical (unpaired) electrons. The summed E-state index contributed by atoms with van der Waals surface area (Å²) in [5.41, 5.74) is 0.0221. The van der Waals surface area contributed by atoms with Crippen molar-refractivity contribution in [2.75, 3.05) is 19.8 Å². The van der Waals surface area contributed by atoms with E-state index in [4.69, 9.17) is 4.74 Å². The Labute approximate surface area is 124 Å². The van der Waals surface area contributed by atoms with E-state index in [9.17, 15) is 13.2 Å². The van der Waals surface area contributed by atoms with Crippen LogP contribution in [0.2, 0.25) is 0 Å². The number of nitrogens with one attached hydrogen (secondary N) is 1. The molecule has 0 amide bonds. The van der Waals surface area contributed by atoms with Gasteiger partial charge in [-0.05, 0) is 37.0 Å². The van der Waals surface area contributed by atoms with E-state index in [-0.39, 0.29) is 6.04 Å². The fourth-order valence-corrected chi connectivity index (χ4v) is 1.87. The highest BCUT2D eigenvalue weighted by molar-refractivity contribution is 5.27. The summed E-state index contributed by atoms with van der Waals surface area (Å²) in [7, 11) is 0. The zero-order valence-electron chi connectivity index (χ0n) is 12.8. The van der Waals surface area contributed by atoms with Crippen molar-refractivity contribution in [2.24, 2.45) is 5.92 Å². The summed E-state index contributed by atoms with van der Waals surface area (Å²) in [5.74, 6) is 0.613. The van der Waals surface area contributed by atoms with Crippen molar-refractivity contribution in [3.63, 3.8) is 0 Å². The molecule has 1 N–H and O–H groups in total. The van der Waals surface area contributed by atoms with E-state index in [1.807, 2.05) is 6.92 Å². The van der Waals surface area contributed by atoms with E-state index in [0.717, 1.165) is 19.1 Å². The first-order chi connectivity index (χ1) is 9.80. The van der Waals surface area contributed by atoms with Crippen molar-refractivity contribution >= 4 is 0 Å². The van der Waals surface area contributed by atoms with Gasteiger partial charge < -0.3 is 10.1 Å². The van der Waals surface area contributed by atoms with Crippen LogP contribution in [0.1, 0.15) is 44.4 Å². The lowest BCUT2D eigenvalue weighted by Gasteiger charge is -2.16. The summed E-state index contributed by atoms with van der Waals surface area (Å²) < 4.78 is 43.4. The maximum atomic E-state index is 12.6. The number of halogens is 3. The number of hydrogen-bond donors (Lipinski definition) is 1. The van der Waals surface area contributed by atoms with Crippen LogP contribution in [-0.4, -0.2) is 19.8 Å².